The minimum absolute atomic E-state index is 0.0458. The molecule has 3 N–H and O–H groups in total. The third-order valence-electron chi connectivity index (χ3n) is 5.93. The summed E-state index contributed by atoms with van der Waals surface area (Å²) < 4.78 is 1.94. The van der Waals surface area contributed by atoms with Gasteiger partial charge in [0.05, 0.1) is 6.04 Å². The van der Waals surface area contributed by atoms with E-state index >= 15 is 0 Å². The maximum atomic E-state index is 13.7. The summed E-state index contributed by atoms with van der Waals surface area (Å²) in [5, 5.41) is 5.80. The van der Waals surface area contributed by atoms with Crippen LogP contribution in [0.1, 0.15) is 43.6 Å². The number of fused-ring (bicyclic) bond motifs is 1. The molecule has 2 amide bonds. The van der Waals surface area contributed by atoms with Gasteiger partial charge in [0.2, 0.25) is 11.9 Å². The van der Waals surface area contributed by atoms with Crippen molar-refractivity contribution in [3.8, 4) is 0 Å². The van der Waals surface area contributed by atoms with Crippen molar-refractivity contribution in [2.45, 2.75) is 46.3 Å². The fourth-order valence-electron chi connectivity index (χ4n) is 3.84. The molecule has 0 bridgehead atoms. The van der Waals surface area contributed by atoms with E-state index in [1.807, 2.05) is 61.0 Å². The van der Waals surface area contributed by atoms with E-state index in [0.717, 1.165) is 5.56 Å². The van der Waals surface area contributed by atoms with Crippen LogP contribution in [-0.2, 0) is 11.3 Å². The van der Waals surface area contributed by atoms with Gasteiger partial charge in [0, 0.05) is 23.6 Å². The summed E-state index contributed by atoms with van der Waals surface area (Å²) >= 11 is 0. The first-order valence-electron chi connectivity index (χ1n) is 11.3. The number of hydrogen-bond acceptors (Lipinski definition) is 5. The Hall–Kier alpha value is -4.01. The molecule has 1 aliphatic rings. The molecule has 0 saturated heterocycles. The lowest BCUT2D eigenvalue weighted by Gasteiger charge is -2.38. The number of carbonyl (C=O) groups is 2. The lowest BCUT2D eigenvalue weighted by molar-refractivity contribution is -0.688. The number of H-pyrrole nitrogens is 1. The normalized spacial score (nSPS) is 17.1. The number of aromatic nitrogens is 3. The van der Waals surface area contributed by atoms with E-state index in [1.54, 1.807) is 26.1 Å². The molecule has 0 fully saturated rings. The van der Waals surface area contributed by atoms with Gasteiger partial charge >= 0.3 is 0 Å². The van der Waals surface area contributed by atoms with E-state index in [-0.39, 0.29) is 47.3 Å². The molecule has 2 aromatic heterocycles. The van der Waals surface area contributed by atoms with Crippen molar-refractivity contribution in [1.82, 2.24) is 9.97 Å². The predicted molar refractivity (Wildman–Crippen MR) is 130 cm³/mol. The molecule has 3 aromatic rings. The van der Waals surface area contributed by atoms with Crippen LogP contribution in [0.2, 0.25) is 0 Å². The molecule has 9 nitrogen and oxygen atoms in total. The van der Waals surface area contributed by atoms with Crippen LogP contribution in [0.3, 0.4) is 0 Å². The fraction of sp³-hybridized carbons (Fsp3) is 0.320. The molecule has 0 saturated carbocycles. The Bertz CT molecular complexity index is 1270. The fourth-order valence-corrected chi connectivity index (χ4v) is 3.84. The number of amides is 2. The number of nitrogens with zero attached hydrogens (tertiary/aromatic N) is 3. The molecule has 9 heteroatoms. The van der Waals surface area contributed by atoms with Gasteiger partial charge in [-0.2, -0.15) is 9.55 Å². The zero-order valence-electron chi connectivity index (χ0n) is 19.7. The van der Waals surface area contributed by atoms with Gasteiger partial charge in [0.1, 0.15) is 5.56 Å². The lowest BCUT2D eigenvalue weighted by Crippen LogP contribution is -2.53. The van der Waals surface area contributed by atoms with Crippen molar-refractivity contribution in [2.75, 3.05) is 15.5 Å². The number of benzene rings is 1. The molecule has 0 radical (unpaired) electrons. The molecule has 176 valence electrons. The third kappa shape index (κ3) is 4.68. The SMILES string of the molecule is CC(C)C(=O)Nc1nc2c(c(=O)[nH]1)N(C(=O)c1ccc[n+](Cc3ccccc3)c1)[C@H](C)[C@H](C)N2. The van der Waals surface area contributed by atoms with Gasteiger partial charge in [0.25, 0.3) is 11.5 Å². The first kappa shape index (κ1) is 23.2. The number of rotatable bonds is 5. The summed E-state index contributed by atoms with van der Waals surface area (Å²) in [7, 11) is 0. The maximum absolute atomic E-state index is 13.7. The largest absolute Gasteiger partial charge is 0.364 e. The highest BCUT2D eigenvalue weighted by Gasteiger charge is 2.37. The first-order chi connectivity index (χ1) is 16.2. The Morgan fingerprint density at radius 1 is 1.15 bits per heavy atom. The van der Waals surface area contributed by atoms with Gasteiger partial charge in [-0.25, -0.2) is 0 Å². The highest BCUT2D eigenvalue weighted by Crippen LogP contribution is 2.31. The van der Waals surface area contributed by atoms with E-state index in [0.29, 0.717) is 12.1 Å². The average Bonchev–Trinajstić information content (AvgIpc) is 2.80. The minimum atomic E-state index is -0.503. The van der Waals surface area contributed by atoms with E-state index in [1.165, 1.54) is 4.90 Å². The van der Waals surface area contributed by atoms with Crippen molar-refractivity contribution in [3.05, 3.63) is 76.3 Å². The van der Waals surface area contributed by atoms with Crippen LogP contribution in [-0.4, -0.2) is 33.9 Å². The summed E-state index contributed by atoms with van der Waals surface area (Å²) in [6.45, 7) is 7.92. The van der Waals surface area contributed by atoms with E-state index in [4.69, 9.17) is 0 Å². The number of nitrogens with one attached hydrogen (secondary N) is 3. The summed E-state index contributed by atoms with van der Waals surface area (Å²) in [5.41, 5.74) is 1.21. The summed E-state index contributed by atoms with van der Waals surface area (Å²) in [4.78, 5) is 47.3. The van der Waals surface area contributed by atoms with Crippen molar-refractivity contribution >= 4 is 29.3 Å². The van der Waals surface area contributed by atoms with Crippen molar-refractivity contribution in [2.24, 2.45) is 5.92 Å². The van der Waals surface area contributed by atoms with Crippen LogP contribution in [0.15, 0.2) is 59.7 Å². The van der Waals surface area contributed by atoms with Crippen LogP contribution >= 0.6 is 0 Å². The van der Waals surface area contributed by atoms with Crippen LogP contribution in [0, 0.1) is 5.92 Å². The molecule has 1 aromatic carbocycles. The summed E-state index contributed by atoms with van der Waals surface area (Å²) in [6, 6.07) is 13.1. The highest BCUT2D eigenvalue weighted by molar-refractivity contribution is 6.08. The van der Waals surface area contributed by atoms with E-state index in [9.17, 15) is 14.4 Å². The Balaban J connectivity index is 1.68. The standard InChI is InChI=1S/C25H28N6O3/c1-15(2)22(32)28-25-27-21-20(23(33)29-25)31(17(4)16(3)26-21)24(34)19-11-8-12-30(14-19)13-18-9-6-5-7-10-18/h5-12,14-17H,13H2,1-4H3,(H2-,26,27,28,29,32,33)/p+1/t16-,17+/m0/s1. The minimum Gasteiger partial charge on any atom is -0.364 e. The molecule has 0 spiro atoms. The highest BCUT2D eigenvalue weighted by atomic mass is 16.2. The molecule has 0 unspecified atom stereocenters. The monoisotopic (exact) mass is 461 g/mol. The smallest absolute Gasteiger partial charge is 0.278 e. The topological polar surface area (TPSA) is 111 Å². The van der Waals surface area contributed by atoms with Gasteiger partial charge in [-0.1, -0.05) is 44.2 Å². The second-order valence-corrected chi connectivity index (χ2v) is 8.86. The summed E-state index contributed by atoms with van der Waals surface area (Å²) in [6.07, 6.45) is 3.69. The third-order valence-corrected chi connectivity index (χ3v) is 5.93. The van der Waals surface area contributed by atoms with Crippen molar-refractivity contribution in [3.63, 3.8) is 0 Å². The first-order valence-corrected chi connectivity index (χ1v) is 11.3. The molecule has 3 heterocycles. The number of aromatic amines is 1. The van der Waals surface area contributed by atoms with Gasteiger partial charge < -0.3 is 5.32 Å². The maximum Gasteiger partial charge on any atom is 0.278 e. The second kappa shape index (κ2) is 9.46. The number of hydrogen-bond donors (Lipinski definition) is 3. The molecule has 4 rings (SSSR count). The van der Waals surface area contributed by atoms with Crippen molar-refractivity contribution in [1.29, 1.82) is 0 Å². The molecule has 34 heavy (non-hydrogen) atoms. The Morgan fingerprint density at radius 3 is 2.59 bits per heavy atom. The molecule has 0 aliphatic carbocycles. The van der Waals surface area contributed by atoms with Crippen LogP contribution in [0.25, 0.3) is 0 Å². The Labute approximate surface area is 197 Å². The van der Waals surface area contributed by atoms with Crippen LogP contribution in [0.5, 0.6) is 0 Å². The quantitative estimate of drug-likeness (QED) is 0.506. The Kier molecular flexibility index (Phi) is 6.45. The summed E-state index contributed by atoms with van der Waals surface area (Å²) in [5.74, 6) is -0.525. The zero-order chi connectivity index (χ0) is 24.4. The predicted octanol–water partition coefficient (Wildman–Crippen LogP) is 2.55. The lowest BCUT2D eigenvalue weighted by atomic mass is 10.0. The molecule has 2 atom stereocenters. The molecular formula is C25H29N6O3+. The van der Waals surface area contributed by atoms with Gasteiger partial charge in [0.15, 0.2) is 30.4 Å². The van der Waals surface area contributed by atoms with E-state index in [2.05, 4.69) is 20.6 Å². The molecule has 1 aliphatic heterocycles. The van der Waals surface area contributed by atoms with E-state index < -0.39 is 5.56 Å². The van der Waals surface area contributed by atoms with Crippen molar-refractivity contribution < 1.29 is 14.2 Å². The Morgan fingerprint density at radius 2 is 1.88 bits per heavy atom. The second-order valence-electron chi connectivity index (χ2n) is 8.86. The number of carbonyl (C=O) groups excluding carboxylic acids is 2. The van der Waals surface area contributed by atoms with Gasteiger partial charge in [-0.15, -0.1) is 0 Å². The average molecular weight is 462 g/mol. The van der Waals surface area contributed by atoms with Crippen LogP contribution < -0.4 is 25.7 Å². The number of pyridine rings is 1. The number of anilines is 3. The van der Waals surface area contributed by atoms with Crippen LogP contribution in [0.4, 0.5) is 17.5 Å². The zero-order valence-corrected chi connectivity index (χ0v) is 19.7. The van der Waals surface area contributed by atoms with Gasteiger partial charge in [-0.3, -0.25) is 29.6 Å². The van der Waals surface area contributed by atoms with Gasteiger partial charge in [-0.05, 0) is 19.9 Å². The molecular weight excluding hydrogens is 432 g/mol.